The van der Waals surface area contributed by atoms with E-state index in [1.165, 1.54) is 24.3 Å². The van der Waals surface area contributed by atoms with E-state index in [2.05, 4.69) is 15.6 Å². The Balaban J connectivity index is 1.16. The topological polar surface area (TPSA) is 130 Å². The SMILES string of the molecule is O=C(Nc1ccc(F)cc1)NS(=O)(=O)c1ccc(-c2ccc3c(c2)CCC(CNCC(O)c2cccnc2)O3)cc1. The summed E-state index contributed by atoms with van der Waals surface area (Å²) in [5.74, 6) is 0.330. The van der Waals surface area contributed by atoms with Gasteiger partial charge in [0.2, 0.25) is 0 Å². The van der Waals surface area contributed by atoms with Crippen molar-refractivity contribution in [2.75, 3.05) is 18.4 Å². The summed E-state index contributed by atoms with van der Waals surface area (Å²) < 4.78 is 46.5. The number of carbonyl (C=O) groups excluding carboxylic acids is 1. The molecule has 3 aromatic carbocycles. The van der Waals surface area contributed by atoms with Crippen molar-refractivity contribution in [3.8, 4) is 16.9 Å². The van der Waals surface area contributed by atoms with Gasteiger partial charge in [0, 0.05) is 36.7 Å². The van der Waals surface area contributed by atoms with E-state index in [0.29, 0.717) is 13.1 Å². The highest BCUT2D eigenvalue weighted by atomic mass is 32.2. The highest BCUT2D eigenvalue weighted by Crippen LogP contribution is 2.32. The molecule has 2 atom stereocenters. The first-order valence-corrected chi connectivity index (χ1v) is 14.5. The van der Waals surface area contributed by atoms with Crippen molar-refractivity contribution >= 4 is 21.7 Å². The number of urea groups is 1. The second kappa shape index (κ2) is 12.5. The number of hydrogen-bond acceptors (Lipinski definition) is 7. The Kier molecular flexibility index (Phi) is 8.58. The van der Waals surface area contributed by atoms with Gasteiger partial charge in [-0.25, -0.2) is 22.3 Å². The van der Waals surface area contributed by atoms with E-state index in [9.17, 15) is 22.7 Å². The van der Waals surface area contributed by atoms with Crippen molar-refractivity contribution in [1.29, 1.82) is 0 Å². The number of aliphatic hydroxyl groups excluding tert-OH is 1. The minimum Gasteiger partial charge on any atom is -0.489 e. The molecule has 0 saturated heterocycles. The van der Waals surface area contributed by atoms with E-state index < -0.39 is 28.0 Å². The molecule has 2 heterocycles. The Morgan fingerprint density at radius 1 is 1.05 bits per heavy atom. The number of pyridine rings is 1. The molecule has 11 heteroatoms. The fourth-order valence-electron chi connectivity index (χ4n) is 4.54. The zero-order valence-corrected chi connectivity index (χ0v) is 22.8. The molecule has 5 rings (SSSR count). The van der Waals surface area contributed by atoms with E-state index in [-0.39, 0.29) is 16.7 Å². The summed E-state index contributed by atoms with van der Waals surface area (Å²) in [4.78, 5) is 16.1. The number of halogens is 1. The van der Waals surface area contributed by atoms with E-state index in [4.69, 9.17) is 4.74 Å². The van der Waals surface area contributed by atoms with Gasteiger partial charge >= 0.3 is 6.03 Å². The number of rotatable bonds is 9. The lowest BCUT2D eigenvalue weighted by atomic mass is 9.97. The van der Waals surface area contributed by atoms with Crippen molar-refractivity contribution in [1.82, 2.24) is 15.0 Å². The van der Waals surface area contributed by atoms with Crippen LogP contribution >= 0.6 is 0 Å². The van der Waals surface area contributed by atoms with Crippen LogP contribution in [-0.4, -0.2) is 43.7 Å². The Bertz CT molecular complexity index is 1600. The van der Waals surface area contributed by atoms with Crippen LogP contribution in [0.5, 0.6) is 5.75 Å². The number of hydrogen-bond donors (Lipinski definition) is 4. The Morgan fingerprint density at radius 2 is 1.80 bits per heavy atom. The average Bonchev–Trinajstić information content (AvgIpc) is 2.98. The summed E-state index contributed by atoms with van der Waals surface area (Å²) in [5, 5.41) is 15.9. The van der Waals surface area contributed by atoms with Gasteiger partial charge in [0.25, 0.3) is 10.0 Å². The monoisotopic (exact) mass is 576 g/mol. The number of nitrogens with one attached hydrogen (secondary N) is 3. The summed E-state index contributed by atoms with van der Waals surface area (Å²) in [6.45, 7) is 1.00. The van der Waals surface area contributed by atoms with E-state index in [1.54, 1.807) is 30.6 Å². The molecule has 9 nitrogen and oxygen atoms in total. The lowest BCUT2D eigenvalue weighted by Crippen LogP contribution is -2.36. The fourth-order valence-corrected chi connectivity index (χ4v) is 5.44. The van der Waals surface area contributed by atoms with Crippen molar-refractivity contribution < 1.29 is 27.4 Å². The minimum absolute atomic E-state index is 0.0216. The number of anilines is 1. The zero-order chi connectivity index (χ0) is 28.8. The number of nitrogens with zero attached hydrogens (tertiary/aromatic N) is 1. The minimum atomic E-state index is -4.12. The van der Waals surface area contributed by atoms with Crippen LogP contribution in [0.2, 0.25) is 0 Å². The Hall–Kier alpha value is -4.32. The van der Waals surface area contributed by atoms with Crippen LogP contribution in [0.25, 0.3) is 11.1 Å². The van der Waals surface area contributed by atoms with Gasteiger partial charge in [-0.3, -0.25) is 4.98 Å². The second-order valence-electron chi connectivity index (χ2n) is 9.65. The van der Waals surface area contributed by atoms with Crippen LogP contribution < -0.4 is 20.1 Å². The van der Waals surface area contributed by atoms with Gasteiger partial charge < -0.3 is 20.5 Å². The Morgan fingerprint density at radius 3 is 2.54 bits per heavy atom. The number of amides is 2. The second-order valence-corrected chi connectivity index (χ2v) is 11.3. The number of sulfonamides is 1. The van der Waals surface area contributed by atoms with E-state index in [0.717, 1.165) is 53.0 Å². The highest BCUT2D eigenvalue weighted by molar-refractivity contribution is 7.90. The van der Waals surface area contributed by atoms with Gasteiger partial charge in [0.1, 0.15) is 17.7 Å². The third kappa shape index (κ3) is 7.26. The number of aromatic nitrogens is 1. The molecule has 0 radical (unpaired) electrons. The van der Waals surface area contributed by atoms with Crippen LogP contribution in [0.3, 0.4) is 0 Å². The molecule has 0 spiro atoms. The number of ether oxygens (including phenoxy) is 1. The maximum atomic E-state index is 13.0. The molecule has 1 aliphatic rings. The molecule has 1 aliphatic heterocycles. The van der Waals surface area contributed by atoms with Gasteiger partial charge in [-0.15, -0.1) is 0 Å². The predicted molar refractivity (Wildman–Crippen MR) is 152 cm³/mol. The number of aryl methyl sites for hydroxylation is 1. The van der Waals surface area contributed by atoms with Gasteiger partial charge in [0.15, 0.2) is 0 Å². The molecule has 0 aliphatic carbocycles. The summed E-state index contributed by atoms with van der Waals surface area (Å²) >= 11 is 0. The number of benzene rings is 3. The van der Waals surface area contributed by atoms with Gasteiger partial charge in [-0.1, -0.05) is 24.3 Å². The van der Waals surface area contributed by atoms with Gasteiger partial charge in [0.05, 0.1) is 11.0 Å². The molecule has 2 unspecified atom stereocenters. The molecule has 0 saturated carbocycles. The lowest BCUT2D eigenvalue weighted by Gasteiger charge is -2.27. The summed E-state index contributed by atoms with van der Waals surface area (Å²) in [6, 6.07) is 19.7. The van der Waals surface area contributed by atoms with E-state index in [1.807, 2.05) is 29.0 Å². The largest absolute Gasteiger partial charge is 0.489 e. The Labute approximate surface area is 237 Å². The summed E-state index contributed by atoms with van der Waals surface area (Å²) in [5.41, 5.74) is 3.81. The summed E-state index contributed by atoms with van der Waals surface area (Å²) in [6.07, 6.45) is 4.29. The third-order valence-electron chi connectivity index (χ3n) is 6.70. The van der Waals surface area contributed by atoms with Crippen molar-refractivity contribution in [2.45, 2.75) is 29.9 Å². The van der Waals surface area contributed by atoms with Crippen molar-refractivity contribution in [3.05, 3.63) is 108 Å². The first-order valence-electron chi connectivity index (χ1n) is 13.0. The van der Waals surface area contributed by atoms with Crippen LogP contribution in [-0.2, 0) is 16.4 Å². The molecule has 4 aromatic rings. The predicted octanol–water partition coefficient (Wildman–Crippen LogP) is 4.41. The molecule has 0 bridgehead atoms. The van der Waals surface area contributed by atoms with Crippen LogP contribution in [0.15, 0.2) is 96.2 Å². The molecule has 212 valence electrons. The number of carbonyl (C=O) groups is 1. The molecule has 0 fully saturated rings. The first-order chi connectivity index (χ1) is 19.8. The summed E-state index contributed by atoms with van der Waals surface area (Å²) in [7, 11) is -4.12. The highest BCUT2D eigenvalue weighted by Gasteiger charge is 2.21. The van der Waals surface area contributed by atoms with Crippen LogP contribution in [0, 0.1) is 5.82 Å². The molecule has 4 N–H and O–H groups in total. The maximum Gasteiger partial charge on any atom is 0.333 e. The smallest absolute Gasteiger partial charge is 0.333 e. The molecule has 2 amide bonds. The molecule has 41 heavy (non-hydrogen) atoms. The fraction of sp³-hybridized carbons (Fsp3) is 0.200. The maximum absolute atomic E-state index is 13.0. The average molecular weight is 577 g/mol. The van der Waals surface area contributed by atoms with Crippen molar-refractivity contribution in [2.24, 2.45) is 0 Å². The zero-order valence-electron chi connectivity index (χ0n) is 22.0. The molecular formula is C30H29FN4O5S. The standard InChI is InChI=1S/C30H29FN4O5S/c31-24-7-9-25(10-8-24)34-30(37)35-41(38,39)27-12-4-20(5-13-27)21-6-14-29-22(16-21)3-11-26(40-29)18-33-19-28(36)23-2-1-15-32-17-23/h1-2,4-10,12-17,26,28,33,36H,3,11,18-19H2,(H2,34,35,37). The third-order valence-corrected chi connectivity index (χ3v) is 8.04. The van der Waals surface area contributed by atoms with Crippen LogP contribution in [0.4, 0.5) is 14.9 Å². The van der Waals surface area contributed by atoms with Crippen LogP contribution in [0.1, 0.15) is 23.7 Å². The molecular weight excluding hydrogens is 547 g/mol. The number of aliphatic hydroxyl groups is 1. The van der Waals surface area contributed by atoms with Gasteiger partial charge in [-0.05, 0) is 84.1 Å². The lowest BCUT2D eigenvalue weighted by molar-refractivity contribution is 0.146. The van der Waals surface area contributed by atoms with E-state index >= 15 is 0 Å². The normalized spacial score (nSPS) is 15.3. The first kappa shape index (κ1) is 28.2. The van der Waals surface area contributed by atoms with Gasteiger partial charge in [-0.2, -0.15) is 0 Å². The molecule has 1 aromatic heterocycles. The number of fused-ring (bicyclic) bond motifs is 1. The quantitative estimate of drug-likeness (QED) is 0.232. The van der Waals surface area contributed by atoms with Crippen molar-refractivity contribution in [3.63, 3.8) is 0 Å².